The number of aliphatic hydroxyl groups is 1. The molecule has 4 nitrogen and oxygen atoms in total. The predicted octanol–water partition coefficient (Wildman–Crippen LogP) is 2.84. The van der Waals surface area contributed by atoms with Gasteiger partial charge in [0.1, 0.15) is 5.75 Å². The summed E-state index contributed by atoms with van der Waals surface area (Å²) in [7, 11) is 2.14. The lowest BCUT2D eigenvalue weighted by Gasteiger charge is -2.48. The summed E-state index contributed by atoms with van der Waals surface area (Å²) < 4.78 is 6.06. The van der Waals surface area contributed by atoms with Crippen molar-refractivity contribution in [2.45, 2.75) is 44.2 Å². The van der Waals surface area contributed by atoms with E-state index in [0.717, 1.165) is 37.9 Å². The number of rotatable bonds is 4. The van der Waals surface area contributed by atoms with Crippen LogP contribution in [0.3, 0.4) is 0 Å². The Balaban J connectivity index is 1.90. The largest absolute Gasteiger partial charge is 0.508 e. The van der Waals surface area contributed by atoms with Gasteiger partial charge in [-0.15, -0.1) is 0 Å². The van der Waals surface area contributed by atoms with Crippen molar-refractivity contribution in [3.63, 3.8) is 0 Å². The highest BCUT2D eigenvalue weighted by Gasteiger charge is 2.41. The lowest BCUT2D eigenvalue weighted by Crippen LogP contribution is -2.47. The minimum Gasteiger partial charge on any atom is -0.508 e. The van der Waals surface area contributed by atoms with Gasteiger partial charge in [-0.1, -0.05) is 0 Å². The van der Waals surface area contributed by atoms with Crippen LogP contribution < -0.4 is 4.90 Å². The Morgan fingerprint density at radius 2 is 2.19 bits per heavy atom. The second-order valence-electron chi connectivity index (χ2n) is 6.24. The summed E-state index contributed by atoms with van der Waals surface area (Å²) in [5, 5.41) is 18.8. The molecule has 1 aromatic rings. The zero-order valence-electron chi connectivity index (χ0n) is 12.7. The van der Waals surface area contributed by atoms with Gasteiger partial charge in [0.05, 0.1) is 6.10 Å². The van der Waals surface area contributed by atoms with Crippen molar-refractivity contribution in [3.8, 4) is 5.75 Å². The Bertz CT molecular complexity index is 491. The standard InChI is InChI=1S/C17H25NO3/c1-18-15(6-2-3-9-19)13-5-4-10-21-17(13)14-11-12(20)7-8-16(14)18/h7-8,11,13,15,17,19-20H,2-6,9-10H2,1H3. The summed E-state index contributed by atoms with van der Waals surface area (Å²) in [6, 6.07) is 6.07. The number of aliphatic hydroxyl groups excluding tert-OH is 1. The second kappa shape index (κ2) is 6.24. The molecule has 1 aromatic carbocycles. The van der Waals surface area contributed by atoms with Crippen molar-refractivity contribution in [1.82, 2.24) is 0 Å². The normalized spacial score (nSPS) is 28.1. The molecule has 0 bridgehead atoms. The van der Waals surface area contributed by atoms with Gasteiger partial charge in [-0.05, 0) is 50.3 Å². The summed E-state index contributed by atoms with van der Waals surface area (Å²) in [5.74, 6) is 0.797. The molecule has 2 aliphatic heterocycles. The average Bonchev–Trinajstić information content (AvgIpc) is 2.50. The fraction of sp³-hybridized carbons (Fsp3) is 0.647. The minimum absolute atomic E-state index is 0.108. The first-order chi connectivity index (χ1) is 10.2. The number of hydrogen-bond donors (Lipinski definition) is 2. The van der Waals surface area contributed by atoms with Crippen molar-refractivity contribution in [1.29, 1.82) is 0 Å². The molecule has 0 aliphatic carbocycles. The molecule has 0 amide bonds. The van der Waals surface area contributed by atoms with Gasteiger partial charge in [-0.25, -0.2) is 0 Å². The van der Waals surface area contributed by atoms with Crippen LogP contribution in [0.25, 0.3) is 0 Å². The van der Waals surface area contributed by atoms with E-state index in [0.29, 0.717) is 17.7 Å². The van der Waals surface area contributed by atoms with Gasteiger partial charge in [0.25, 0.3) is 0 Å². The number of ether oxygens (including phenoxy) is 1. The number of fused-ring (bicyclic) bond motifs is 3. The Morgan fingerprint density at radius 1 is 1.33 bits per heavy atom. The molecule has 1 fully saturated rings. The van der Waals surface area contributed by atoms with Crippen molar-refractivity contribution in [2.75, 3.05) is 25.2 Å². The quantitative estimate of drug-likeness (QED) is 0.838. The molecule has 1 saturated heterocycles. The molecule has 2 N–H and O–H groups in total. The monoisotopic (exact) mass is 291 g/mol. The van der Waals surface area contributed by atoms with Gasteiger partial charge in [-0.3, -0.25) is 0 Å². The summed E-state index contributed by atoms with van der Waals surface area (Å²) in [5.41, 5.74) is 2.30. The Labute approximate surface area is 126 Å². The first kappa shape index (κ1) is 14.7. The highest BCUT2D eigenvalue weighted by atomic mass is 16.5. The molecule has 0 saturated carbocycles. The zero-order valence-corrected chi connectivity index (χ0v) is 12.7. The lowest BCUT2D eigenvalue weighted by molar-refractivity contribution is -0.0428. The van der Waals surface area contributed by atoms with Crippen molar-refractivity contribution < 1.29 is 14.9 Å². The number of unbranched alkanes of at least 4 members (excludes halogenated alkanes) is 1. The molecule has 4 heteroatoms. The van der Waals surface area contributed by atoms with E-state index in [1.165, 1.54) is 12.1 Å². The van der Waals surface area contributed by atoms with Crippen molar-refractivity contribution in [2.24, 2.45) is 5.92 Å². The van der Waals surface area contributed by atoms with E-state index in [2.05, 4.69) is 11.9 Å². The molecule has 0 aromatic heterocycles. The van der Waals surface area contributed by atoms with Gasteiger partial charge in [0, 0.05) is 43.5 Å². The summed E-state index contributed by atoms with van der Waals surface area (Å²) in [6.45, 7) is 1.08. The number of nitrogens with zero attached hydrogens (tertiary/aromatic N) is 1. The molecule has 2 heterocycles. The molecule has 3 unspecified atom stereocenters. The van der Waals surface area contributed by atoms with Gasteiger partial charge in [0.15, 0.2) is 0 Å². The third kappa shape index (κ3) is 2.74. The third-order valence-electron chi connectivity index (χ3n) is 4.97. The van der Waals surface area contributed by atoms with Gasteiger partial charge < -0.3 is 19.8 Å². The van der Waals surface area contributed by atoms with Gasteiger partial charge in [-0.2, -0.15) is 0 Å². The van der Waals surface area contributed by atoms with E-state index in [9.17, 15) is 5.11 Å². The maximum absolute atomic E-state index is 9.80. The van der Waals surface area contributed by atoms with E-state index in [1.807, 2.05) is 12.1 Å². The molecule has 21 heavy (non-hydrogen) atoms. The fourth-order valence-electron chi connectivity index (χ4n) is 3.95. The van der Waals surface area contributed by atoms with Crippen molar-refractivity contribution >= 4 is 5.69 Å². The number of phenolic OH excluding ortho intramolecular Hbond substituents is 1. The second-order valence-corrected chi connectivity index (χ2v) is 6.24. The lowest BCUT2D eigenvalue weighted by atomic mass is 9.77. The topological polar surface area (TPSA) is 52.9 Å². The van der Waals surface area contributed by atoms with Crippen LogP contribution in [0, 0.1) is 5.92 Å². The van der Waals surface area contributed by atoms with E-state index in [4.69, 9.17) is 9.84 Å². The maximum atomic E-state index is 9.80. The van der Waals surface area contributed by atoms with E-state index >= 15 is 0 Å². The summed E-state index contributed by atoms with van der Waals surface area (Å²) >= 11 is 0. The van der Waals surface area contributed by atoms with Crippen LogP contribution in [-0.2, 0) is 4.74 Å². The van der Waals surface area contributed by atoms with Crippen LogP contribution in [-0.4, -0.2) is 36.5 Å². The van der Waals surface area contributed by atoms with E-state index < -0.39 is 0 Å². The number of phenols is 1. The van der Waals surface area contributed by atoms with Crippen LogP contribution in [0.1, 0.15) is 43.8 Å². The van der Waals surface area contributed by atoms with Crippen LogP contribution in [0.15, 0.2) is 18.2 Å². The molecule has 3 atom stereocenters. The van der Waals surface area contributed by atoms with Crippen molar-refractivity contribution in [3.05, 3.63) is 23.8 Å². The number of benzene rings is 1. The van der Waals surface area contributed by atoms with Crippen LogP contribution >= 0.6 is 0 Å². The summed E-state index contributed by atoms with van der Waals surface area (Å²) in [4.78, 5) is 2.35. The number of hydrogen-bond acceptors (Lipinski definition) is 4. The Hall–Kier alpha value is -1.26. The Kier molecular flexibility index (Phi) is 4.36. The number of anilines is 1. The highest BCUT2D eigenvalue weighted by molar-refractivity contribution is 5.60. The molecule has 116 valence electrons. The van der Waals surface area contributed by atoms with Crippen LogP contribution in [0.4, 0.5) is 5.69 Å². The summed E-state index contributed by atoms with van der Waals surface area (Å²) in [6.07, 6.45) is 5.39. The zero-order chi connectivity index (χ0) is 14.8. The maximum Gasteiger partial charge on any atom is 0.116 e. The van der Waals surface area contributed by atoms with Crippen LogP contribution in [0.5, 0.6) is 5.75 Å². The van der Waals surface area contributed by atoms with Gasteiger partial charge >= 0.3 is 0 Å². The fourth-order valence-corrected chi connectivity index (χ4v) is 3.95. The average molecular weight is 291 g/mol. The number of aromatic hydroxyl groups is 1. The SMILES string of the molecule is CN1c2ccc(O)cc2C2OCCCC2C1CCCCO. The van der Waals surface area contributed by atoms with Crippen LogP contribution in [0.2, 0.25) is 0 Å². The molecule has 3 rings (SSSR count). The molecular formula is C17H25NO3. The smallest absolute Gasteiger partial charge is 0.116 e. The molecule has 2 aliphatic rings. The first-order valence-electron chi connectivity index (χ1n) is 8.00. The van der Waals surface area contributed by atoms with E-state index in [1.54, 1.807) is 6.07 Å². The minimum atomic E-state index is 0.108. The highest BCUT2D eigenvalue weighted by Crippen LogP contribution is 2.48. The predicted molar refractivity (Wildman–Crippen MR) is 82.7 cm³/mol. The molecule has 0 spiro atoms. The van der Waals surface area contributed by atoms with Gasteiger partial charge in [0.2, 0.25) is 0 Å². The van der Waals surface area contributed by atoms with E-state index in [-0.39, 0.29) is 12.7 Å². The first-order valence-corrected chi connectivity index (χ1v) is 8.00. The Morgan fingerprint density at radius 3 is 3.00 bits per heavy atom. The molecule has 0 radical (unpaired) electrons. The third-order valence-corrected chi connectivity index (χ3v) is 4.97. The molecular weight excluding hydrogens is 266 g/mol.